The van der Waals surface area contributed by atoms with Crippen molar-refractivity contribution in [3.63, 3.8) is 0 Å². The summed E-state index contributed by atoms with van der Waals surface area (Å²) in [5.41, 5.74) is 13.8. The maximum absolute atomic E-state index is 12.3. The smallest absolute Gasteiger partial charge is 0.383 e. The number of halogens is 1. The average Bonchev–Trinajstić information content (AvgIpc) is 3.16. The largest absolute Gasteiger partial charge is 0.471 e. The van der Waals surface area contributed by atoms with E-state index in [-0.39, 0.29) is 18.3 Å². The fraction of sp³-hybridized carbons (Fsp3) is 0.105. The second-order valence-electron chi connectivity index (χ2n) is 5.82. The van der Waals surface area contributed by atoms with Crippen LogP contribution in [0.4, 0.5) is 5.69 Å². The number of carbonyl (C=O) groups excluding carboxylic acids is 1. The van der Waals surface area contributed by atoms with Crippen LogP contribution in [0.15, 0.2) is 59.9 Å². The van der Waals surface area contributed by atoms with Crippen LogP contribution >= 0.6 is 11.6 Å². The molecular formula is C19H18ClN5O3. The van der Waals surface area contributed by atoms with Crippen molar-refractivity contribution in [2.75, 3.05) is 5.73 Å². The van der Waals surface area contributed by atoms with Crippen LogP contribution in [0.5, 0.6) is 5.75 Å². The Balaban J connectivity index is 1.67. The lowest BCUT2D eigenvalue weighted by atomic mass is 10.1. The van der Waals surface area contributed by atoms with Crippen LogP contribution in [0.2, 0.25) is 5.02 Å². The second kappa shape index (κ2) is 8.45. The molecule has 2 aromatic carbocycles. The highest BCUT2D eigenvalue weighted by atomic mass is 35.5. The van der Waals surface area contributed by atoms with Gasteiger partial charge in [0, 0.05) is 22.5 Å². The summed E-state index contributed by atoms with van der Waals surface area (Å²) >= 11 is 5.84. The van der Waals surface area contributed by atoms with Gasteiger partial charge in [0.15, 0.2) is 18.3 Å². The van der Waals surface area contributed by atoms with Gasteiger partial charge in [-0.15, -0.1) is 0 Å². The Labute approximate surface area is 166 Å². The zero-order valence-electron chi connectivity index (χ0n) is 15.0. The van der Waals surface area contributed by atoms with Gasteiger partial charge in [0.1, 0.15) is 5.75 Å². The zero-order valence-corrected chi connectivity index (χ0v) is 15.8. The third kappa shape index (κ3) is 4.41. The van der Waals surface area contributed by atoms with Crippen LogP contribution in [0, 0.1) is 6.92 Å². The molecule has 0 bridgehead atoms. The molecule has 0 saturated carbocycles. The molecule has 1 aromatic heterocycles. The number of oxime groups is 1. The van der Waals surface area contributed by atoms with Crippen molar-refractivity contribution in [1.29, 1.82) is 0 Å². The average molecular weight is 400 g/mol. The zero-order chi connectivity index (χ0) is 20.1. The minimum absolute atomic E-state index is 0.00654. The van der Waals surface area contributed by atoms with Crippen molar-refractivity contribution < 1.29 is 14.4 Å². The SMILES string of the molecule is Cc1c(N)cccc1/C(N)=N/OC(=O)c1ccnn1COc1ccc(Cl)cc1. The molecule has 0 spiro atoms. The number of anilines is 1. The molecule has 4 N–H and O–H groups in total. The Kier molecular flexibility index (Phi) is 5.81. The summed E-state index contributed by atoms with van der Waals surface area (Å²) in [6, 6.07) is 13.5. The van der Waals surface area contributed by atoms with Crippen LogP contribution in [0.1, 0.15) is 21.6 Å². The summed E-state index contributed by atoms with van der Waals surface area (Å²) < 4.78 is 6.92. The predicted molar refractivity (Wildman–Crippen MR) is 106 cm³/mol. The van der Waals surface area contributed by atoms with E-state index in [9.17, 15) is 4.79 Å². The van der Waals surface area contributed by atoms with Gasteiger partial charge in [0.2, 0.25) is 0 Å². The van der Waals surface area contributed by atoms with Crippen LogP contribution in [0.3, 0.4) is 0 Å². The van der Waals surface area contributed by atoms with Gasteiger partial charge in [-0.05, 0) is 48.9 Å². The Bertz CT molecular complexity index is 1010. The number of hydrogen-bond acceptors (Lipinski definition) is 6. The molecule has 0 aliphatic carbocycles. The van der Waals surface area contributed by atoms with Gasteiger partial charge in [-0.2, -0.15) is 5.10 Å². The molecule has 0 fully saturated rings. The van der Waals surface area contributed by atoms with E-state index in [2.05, 4.69) is 10.3 Å². The highest BCUT2D eigenvalue weighted by Crippen LogP contribution is 2.17. The Morgan fingerprint density at radius 3 is 2.71 bits per heavy atom. The standard InChI is InChI=1S/C19H18ClN5O3/c1-12-15(3-2-4-16(12)21)18(22)24-28-19(26)17-9-10-23-25(17)11-27-14-7-5-13(20)6-8-14/h2-10H,11,21H2,1H3,(H2,22,24). The summed E-state index contributed by atoms with van der Waals surface area (Å²) in [4.78, 5) is 17.3. The number of aromatic nitrogens is 2. The lowest BCUT2D eigenvalue weighted by Gasteiger charge is -2.09. The van der Waals surface area contributed by atoms with Crippen LogP contribution in [-0.4, -0.2) is 21.6 Å². The van der Waals surface area contributed by atoms with Gasteiger partial charge < -0.3 is 21.0 Å². The number of hydrogen-bond donors (Lipinski definition) is 2. The first-order chi connectivity index (χ1) is 13.5. The fourth-order valence-corrected chi connectivity index (χ4v) is 2.52. The summed E-state index contributed by atoms with van der Waals surface area (Å²) in [5.74, 6) is -0.0954. The Morgan fingerprint density at radius 2 is 1.96 bits per heavy atom. The highest BCUT2D eigenvalue weighted by molar-refractivity contribution is 6.30. The Hall–Kier alpha value is -3.52. The number of rotatable bonds is 6. The number of ether oxygens (including phenoxy) is 1. The molecule has 9 heteroatoms. The third-order valence-corrected chi connectivity index (χ3v) is 4.22. The van der Waals surface area contributed by atoms with Gasteiger partial charge in [-0.1, -0.05) is 28.9 Å². The predicted octanol–water partition coefficient (Wildman–Crippen LogP) is 2.94. The van der Waals surface area contributed by atoms with Gasteiger partial charge >= 0.3 is 5.97 Å². The van der Waals surface area contributed by atoms with E-state index in [1.165, 1.54) is 16.9 Å². The molecule has 0 aliphatic heterocycles. The molecule has 0 atom stereocenters. The van der Waals surface area contributed by atoms with Gasteiger partial charge in [0.25, 0.3) is 0 Å². The van der Waals surface area contributed by atoms with Gasteiger partial charge in [-0.25, -0.2) is 9.48 Å². The molecular weight excluding hydrogens is 382 g/mol. The van der Waals surface area contributed by atoms with Crippen molar-refractivity contribution in [1.82, 2.24) is 9.78 Å². The summed E-state index contributed by atoms with van der Waals surface area (Å²) in [6.07, 6.45) is 1.46. The van der Waals surface area contributed by atoms with E-state index in [1.807, 2.05) is 0 Å². The summed E-state index contributed by atoms with van der Waals surface area (Å²) in [6.45, 7) is 1.81. The maximum Gasteiger partial charge on any atom is 0.383 e. The first-order valence-electron chi connectivity index (χ1n) is 8.26. The van der Waals surface area contributed by atoms with E-state index < -0.39 is 5.97 Å². The highest BCUT2D eigenvalue weighted by Gasteiger charge is 2.15. The second-order valence-corrected chi connectivity index (χ2v) is 6.25. The van der Waals surface area contributed by atoms with Crippen LogP contribution in [0.25, 0.3) is 0 Å². The van der Waals surface area contributed by atoms with Crippen molar-refractivity contribution in [2.24, 2.45) is 10.9 Å². The minimum Gasteiger partial charge on any atom is -0.471 e. The van der Waals surface area contributed by atoms with E-state index in [4.69, 9.17) is 32.6 Å². The normalized spacial score (nSPS) is 11.3. The quantitative estimate of drug-likeness (QED) is 0.216. The topological polar surface area (TPSA) is 118 Å². The molecule has 144 valence electrons. The van der Waals surface area contributed by atoms with Gasteiger partial charge in [-0.3, -0.25) is 0 Å². The molecule has 28 heavy (non-hydrogen) atoms. The van der Waals surface area contributed by atoms with Crippen LogP contribution < -0.4 is 16.2 Å². The van der Waals surface area contributed by atoms with Crippen molar-refractivity contribution in [3.8, 4) is 5.75 Å². The van der Waals surface area contributed by atoms with Crippen molar-refractivity contribution >= 4 is 29.1 Å². The van der Waals surface area contributed by atoms with Crippen molar-refractivity contribution in [3.05, 3.63) is 76.6 Å². The molecule has 3 rings (SSSR count). The van der Waals surface area contributed by atoms with Gasteiger partial charge in [0.05, 0.1) is 0 Å². The number of carbonyl (C=O) groups is 1. The molecule has 3 aromatic rings. The first kappa shape index (κ1) is 19.2. The summed E-state index contributed by atoms with van der Waals surface area (Å²) in [7, 11) is 0. The van der Waals surface area contributed by atoms with E-state index in [1.54, 1.807) is 49.4 Å². The molecule has 0 saturated heterocycles. The van der Waals surface area contributed by atoms with E-state index >= 15 is 0 Å². The monoisotopic (exact) mass is 399 g/mol. The lowest BCUT2D eigenvalue weighted by molar-refractivity contribution is 0.0492. The molecule has 0 amide bonds. The Morgan fingerprint density at radius 1 is 1.21 bits per heavy atom. The molecule has 8 nitrogen and oxygen atoms in total. The molecule has 0 radical (unpaired) electrons. The number of benzene rings is 2. The van der Waals surface area contributed by atoms with E-state index in [0.29, 0.717) is 22.0 Å². The molecule has 0 aliphatic rings. The number of nitrogens with zero attached hydrogens (tertiary/aromatic N) is 3. The number of nitrogen functional groups attached to an aromatic ring is 1. The van der Waals surface area contributed by atoms with Crippen molar-refractivity contribution in [2.45, 2.75) is 13.7 Å². The maximum atomic E-state index is 12.3. The fourth-order valence-electron chi connectivity index (χ4n) is 2.39. The third-order valence-electron chi connectivity index (χ3n) is 3.97. The number of nitrogens with two attached hydrogens (primary N) is 2. The van der Waals surface area contributed by atoms with Crippen LogP contribution in [-0.2, 0) is 11.6 Å². The molecule has 0 unspecified atom stereocenters. The number of amidine groups is 1. The minimum atomic E-state index is -0.721. The lowest BCUT2D eigenvalue weighted by Crippen LogP contribution is -2.19. The summed E-state index contributed by atoms with van der Waals surface area (Å²) in [5, 5.41) is 8.36. The molecule has 1 heterocycles. The van der Waals surface area contributed by atoms with E-state index in [0.717, 1.165) is 5.56 Å². The first-order valence-corrected chi connectivity index (χ1v) is 8.64.